The topological polar surface area (TPSA) is 42.0 Å². The fraction of sp³-hybridized carbons (Fsp3) is 0.375. The molecule has 4 heteroatoms. The number of alkyl halides is 1. The number of halogens is 1. The lowest BCUT2D eigenvalue weighted by atomic mass is 10.1. The summed E-state index contributed by atoms with van der Waals surface area (Å²) in [6.07, 6.45) is 5.29. The number of hydrogen-bond donors (Lipinski definition) is 1. The lowest BCUT2D eigenvalue weighted by Crippen LogP contribution is -2.28. The fourth-order valence-electron chi connectivity index (χ4n) is 2.83. The van der Waals surface area contributed by atoms with Crippen molar-refractivity contribution in [3.8, 4) is 0 Å². The summed E-state index contributed by atoms with van der Waals surface area (Å²) in [5.74, 6) is 0.595. The first-order chi connectivity index (χ1) is 9.74. The summed E-state index contributed by atoms with van der Waals surface area (Å²) in [6.45, 7) is 0.761. The number of carbonyl (C=O) groups is 1. The number of amides is 1. The van der Waals surface area contributed by atoms with Gasteiger partial charge in [0.05, 0.1) is 5.52 Å². The number of nitrogens with one attached hydrogen (secondary N) is 1. The van der Waals surface area contributed by atoms with E-state index in [0.717, 1.165) is 23.9 Å². The molecule has 0 bridgehead atoms. The second-order valence-electron chi connectivity index (χ2n) is 5.36. The van der Waals surface area contributed by atoms with Gasteiger partial charge in [-0.25, -0.2) is 0 Å². The van der Waals surface area contributed by atoms with E-state index in [2.05, 4.69) is 26.2 Å². The van der Waals surface area contributed by atoms with E-state index in [0.29, 0.717) is 16.3 Å². The van der Waals surface area contributed by atoms with Crippen LogP contribution >= 0.6 is 15.9 Å². The van der Waals surface area contributed by atoms with Gasteiger partial charge in [0.25, 0.3) is 5.91 Å². The van der Waals surface area contributed by atoms with Gasteiger partial charge in [0.15, 0.2) is 0 Å². The molecule has 2 atom stereocenters. The van der Waals surface area contributed by atoms with Gasteiger partial charge in [-0.3, -0.25) is 9.78 Å². The Bertz CT molecular complexity index is 623. The van der Waals surface area contributed by atoms with Gasteiger partial charge in [-0.2, -0.15) is 0 Å². The molecular formula is C16H17BrN2O. The second kappa shape index (κ2) is 5.92. The molecule has 1 amide bonds. The number of rotatable bonds is 3. The number of pyridine rings is 1. The third kappa shape index (κ3) is 2.85. The van der Waals surface area contributed by atoms with Crippen molar-refractivity contribution in [1.82, 2.24) is 10.3 Å². The second-order valence-corrected chi connectivity index (χ2v) is 6.66. The Kier molecular flexibility index (Phi) is 4.01. The number of hydrogen-bond acceptors (Lipinski definition) is 2. The minimum Gasteiger partial charge on any atom is -0.352 e. The van der Waals surface area contributed by atoms with E-state index in [1.165, 1.54) is 12.8 Å². The molecule has 0 aliphatic heterocycles. The molecule has 2 unspecified atom stereocenters. The van der Waals surface area contributed by atoms with E-state index in [-0.39, 0.29) is 5.91 Å². The van der Waals surface area contributed by atoms with Crippen LogP contribution < -0.4 is 5.32 Å². The molecule has 0 spiro atoms. The third-order valence-corrected chi connectivity index (χ3v) is 4.75. The molecule has 0 radical (unpaired) electrons. The van der Waals surface area contributed by atoms with E-state index < -0.39 is 0 Å². The van der Waals surface area contributed by atoms with Crippen molar-refractivity contribution in [1.29, 1.82) is 0 Å². The average Bonchev–Trinajstić information content (AvgIpc) is 2.90. The number of benzene rings is 1. The third-order valence-electron chi connectivity index (χ3n) is 3.92. The van der Waals surface area contributed by atoms with Crippen LogP contribution in [0.3, 0.4) is 0 Å². The summed E-state index contributed by atoms with van der Waals surface area (Å²) in [4.78, 5) is 17.2. The monoisotopic (exact) mass is 332 g/mol. The van der Waals surface area contributed by atoms with Crippen LogP contribution in [0.15, 0.2) is 36.5 Å². The number of fused-ring (bicyclic) bond motifs is 1. The molecule has 20 heavy (non-hydrogen) atoms. The molecule has 104 valence electrons. The molecule has 3 nitrogen and oxygen atoms in total. The molecule has 1 N–H and O–H groups in total. The first-order valence-electron chi connectivity index (χ1n) is 7.00. The van der Waals surface area contributed by atoms with Crippen LogP contribution in [0.25, 0.3) is 10.9 Å². The van der Waals surface area contributed by atoms with Gasteiger partial charge in [0.2, 0.25) is 0 Å². The first-order valence-corrected chi connectivity index (χ1v) is 7.91. The Hall–Kier alpha value is -1.42. The minimum absolute atomic E-state index is 0.00150. The maximum atomic E-state index is 12.3. The van der Waals surface area contributed by atoms with Crippen molar-refractivity contribution in [3.63, 3.8) is 0 Å². The van der Waals surface area contributed by atoms with Crippen LogP contribution in [0.5, 0.6) is 0 Å². The largest absolute Gasteiger partial charge is 0.352 e. The van der Waals surface area contributed by atoms with Gasteiger partial charge in [-0.05, 0) is 43.4 Å². The molecule has 1 aromatic heterocycles. The van der Waals surface area contributed by atoms with Crippen LogP contribution in [-0.2, 0) is 0 Å². The van der Waals surface area contributed by atoms with Crippen molar-refractivity contribution in [3.05, 3.63) is 42.1 Å². The Morgan fingerprint density at radius 3 is 3.00 bits per heavy atom. The van der Waals surface area contributed by atoms with Crippen LogP contribution in [0.2, 0.25) is 0 Å². The molecule has 0 saturated heterocycles. The molecule has 3 rings (SSSR count). The standard InChI is InChI=1S/C16H17BrN2O/c17-12-7-6-11(9-12)10-19-16(20)14-3-1-5-15-13(14)4-2-8-18-15/h1-5,8,11-12H,6-7,9-10H2,(H,19,20). The SMILES string of the molecule is O=C(NCC1CCC(Br)C1)c1cccc2ncccc12. The van der Waals surface area contributed by atoms with Crippen molar-refractivity contribution in [2.24, 2.45) is 5.92 Å². The van der Waals surface area contributed by atoms with E-state index in [1.807, 2.05) is 30.3 Å². The van der Waals surface area contributed by atoms with E-state index in [9.17, 15) is 4.79 Å². The minimum atomic E-state index is 0.00150. The molecule has 1 aliphatic carbocycles. The highest BCUT2D eigenvalue weighted by molar-refractivity contribution is 9.09. The molecule has 1 aliphatic rings. The molecular weight excluding hydrogens is 316 g/mol. The van der Waals surface area contributed by atoms with Gasteiger partial charge in [0, 0.05) is 28.5 Å². The quantitative estimate of drug-likeness (QED) is 0.873. The average molecular weight is 333 g/mol. The highest BCUT2D eigenvalue weighted by Gasteiger charge is 2.23. The summed E-state index contributed by atoms with van der Waals surface area (Å²) < 4.78 is 0. The summed E-state index contributed by atoms with van der Waals surface area (Å²) >= 11 is 3.64. The smallest absolute Gasteiger partial charge is 0.251 e. The first kappa shape index (κ1) is 13.6. The Morgan fingerprint density at radius 2 is 2.20 bits per heavy atom. The van der Waals surface area contributed by atoms with E-state index in [4.69, 9.17) is 0 Å². The summed E-state index contributed by atoms with van der Waals surface area (Å²) in [5.41, 5.74) is 1.57. The molecule has 1 aromatic carbocycles. The predicted molar refractivity (Wildman–Crippen MR) is 84.1 cm³/mol. The summed E-state index contributed by atoms with van der Waals surface area (Å²) in [6, 6.07) is 9.49. The molecule has 1 saturated carbocycles. The Morgan fingerprint density at radius 1 is 1.30 bits per heavy atom. The predicted octanol–water partition coefficient (Wildman–Crippen LogP) is 3.53. The number of carbonyl (C=O) groups excluding carboxylic acids is 1. The molecule has 1 heterocycles. The lowest BCUT2D eigenvalue weighted by Gasteiger charge is -2.12. The van der Waals surface area contributed by atoms with Crippen LogP contribution in [-0.4, -0.2) is 22.3 Å². The molecule has 1 fully saturated rings. The van der Waals surface area contributed by atoms with Crippen molar-refractivity contribution in [2.45, 2.75) is 24.1 Å². The van der Waals surface area contributed by atoms with E-state index in [1.54, 1.807) is 6.20 Å². The maximum absolute atomic E-state index is 12.3. The molecule has 2 aromatic rings. The van der Waals surface area contributed by atoms with Gasteiger partial charge < -0.3 is 5.32 Å². The fourth-order valence-corrected chi connectivity index (χ4v) is 3.63. The Balaban J connectivity index is 1.72. The van der Waals surface area contributed by atoms with Gasteiger partial charge in [-0.15, -0.1) is 0 Å². The van der Waals surface area contributed by atoms with Crippen LogP contribution in [0, 0.1) is 5.92 Å². The van der Waals surface area contributed by atoms with Gasteiger partial charge in [0.1, 0.15) is 0 Å². The zero-order chi connectivity index (χ0) is 13.9. The van der Waals surface area contributed by atoms with Gasteiger partial charge >= 0.3 is 0 Å². The van der Waals surface area contributed by atoms with Crippen molar-refractivity contribution < 1.29 is 4.79 Å². The highest BCUT2D eigenvalue weighted by atomic mass is 79.9. The number of nitrogens with zero attached hydrogens (tertiary/aromatic N) is 1. The Labute approximate surface area is 126 Å². The normalized spacial score (nSPS) is 22.1. The van der Waals surface area contributed by atoms with Crippen molar-refractivity contribution in [2.75, 3.05) is 6.54 Å². The summed E-state index contributed by atoms with van der Waals surface area (Å²) in [5, 5.41) is 3.98. The maximum Gasteiger partial charge on any atom is 0.251 e. The van der Waals surface area contributed by atoms with Crippen molar-refractivity contribution >= 4 is 32.7 Å². The lowest BCUT2D eigenvalue weighted by molar-refractivity contribution is 0.0949. The summed E-state index contributed by atoms with van der Waals surface area (Å²) in [7, 11) is 0. The highest BCUT2D eigenvalue weighted by Crippen LogP contribution is 2.30. The van der Waals surface area contributed by atoms with Gasteiger partial charge in [-0.1, -0.05) is 28.1 Å². The zero-order valence-corrected chi connectivity index (χ0v) is 12.8. The number of aromatic nitrogens is 1. The van der Waals surface area contributed by atoms with Crippen LogP contribution in [0.1, 0.15) is 29.6 Å². The zero-order valence-electron chi connectivity index (χ0n) is 11.2. The van der Waals surface area contributed by atoms with Crippen LogP contribution in [0.4, 0.5) is 0 Å². The van der Waals surface area contributed by atoms with E-state index >= 15 is 0 Å².